The van der Waals surface area contributed by atoms with Gasteiger partial charge in [0.05, 0.1) is 36.9 Å². The number of nitrogens with one attached hydrogen (secondary N) is 2. The third kappa shape index (κ3) is 5.18. The van der Waals surface area contributed by atoms with Gasteiger partial charge < -0.3 is 29.6 Å². The molecule has 1 aliphatic heterocycles. The highest BCUT2D eigenvalue weighted by Gasteiger charge is 2.32. The van der Waals surface area contributed by atoms with Crippen molar-refractivity contribution in [2.75, 3.05) is 20.8 Å². The quantitative estimate of drug-likeness (QED) is 0.445. The number of methoxy groups -OCH3 is 2. The number of benzene rings is 1. The van der Waals surface area contributed by atoms with Crippen LogP contribution in [0.5, 0.6) is 11.5 Å². The molecule has 0 amide bonds. The lowest BCUT2D eigenvalue weighted by atomic mass is 9.95. The predicted octanol–water partition coefficient (Wildman–Crippen LogP) is 2.75. The highest BCUT2D eigenvalue weighted by molar-refractivity contribution is 9.10. The molecule has 1 heterocycles. The first-order valence-electron chi connectivity index (χ1n) is 8.80. The van der Waals surface area contributed by atoms with Crippen LogP contribution in [0.4, 0.5) is 0 Å². The average Bonchev–Trinajstić information content (AvgIpc) is 2.68. The molecule has 0 bridgehead atoms. The smallest absolute Gasteiger partial charge is 0.347 e. The van der Waals surface area contributed by atoms with Crippen molar-refractivity contribution in [2.24, 2.45) is 0 Å². The van der Waals surface area contributed by atoms with Crippen molar-refractivity contribution in [2.45, 2.75) is 32.9 Å². The van der Waals surface area contributed by atoms with Crippen molar-refractivity contribution >= 4 is 45.2 Å². The van der Waals surface area contributed by atoms with E-state index in [0.29, 0.717) is 37.9 Å². The second-order valence-electron chi connectivity index (χ2n) is 6.11. The standard InChI is InChI=1S/C19H23BrN2O6S/c1-6-27-17(23)10(3)28-16-12(20)7-11(8-13(16)25-4)15-14(18(24)26-5)9(2)21-19(29)22-15/h7-8,10,15H,6H2,1-5H3,(H2,21,22,29). The minimum atomic E-state index is -0.830. The van der Waals surface area contributed by atoms with Gasteiger partial charge in [-0.1, -0.05) is 0 Å². The number of hydrogen-bond acceptors (Lipinski definition) is 7. The fourth-order valence-corrected chi connectivity index (χ4v) is 3.65. The monoisotopic (exact) mass is 486 g/mol. The lowest BCUT2D eigenvalue weighted by Gasteiger charge is -2.30. The summed E-state index contributed by atoms with van der Waals surface area (Å²) in [4.78, 5) is 24.2. The predicted molar refractivity (Wildman–Crippen MR) is 114 cm³/mol. The van der Waals surface area contributed by atoms with Gasteiger partial charge in [-0.25, -0.2) is 9.59 Å². The molecular formula is C19H23BrN2O6S. The zero-order chi connectivity index (χ0) is 21.7. The van der Waals surface area contributed by atoms with E-state index < -0.39 is 24.1 Å². The Bertz CT molecular complexity index is 857. The van der Waals surface area contributed by atoms with Crippen LogP contribution in [0.15, 0.2) is 27.9 Å². The van der Waals surface area contributed by atoms with Gasteiger partial charge in [0.1, 0.15) is 0 Å². The molecule has 29 heavy (non-hydrogen) atoms. The van der Waals surface area contributed by atoms with Gasteiger partial charge in [-0.15, -0.1) is 0 Å². The highest BCUT2D eigenvalue weighted by Crippen LogP contribution is 2.40. The third-order valence-corrected chi connectivity index (χ3v) is 4.98. The van der Waals surface area contributed by atoms with E-state index in [1.807, 2.05) is 0 Å². The summed E-state index contributed by atoms with van der Waals surface area (Å²) in [5.41, 5.74) is 1.68. The number of halogens is 1. The summed E-state index contributed by atoms with van der Waals surface area (Å²) < 4.78 is 21.6. The van der Waals surface area contributed by atoms with Crippen LogP contribution in [-0.4, -0.2) is 44.0 Å². The average molecular weight is 487 g/mol. The number of carbonyl (C=O) groups excluding carboxylic acids is 2. The Morgan fingerprint density at radius 3 is 2.59 bits per heavy atom. The normalized spacial score (nSPS) is 17.0. The molecule has 2 atom stereocenters. The highest BCUT2D eigenvalue weighted by atomic mass is 79.9. The minimum Gasteiger partial charge on any atom is -0.493 e. The van der Waals surface area contributed by atoms with Gasteiger partial charge in [0.15, 0.2) is 22.7 Å². The van der Waals surface area contributed by atoms with Gasteiger partial charge >= 0.3 is 11.9 Å². The molecule has 2 unspecified atom stereocenters. The van der Waals surface area contributed by atoms with Crippen LogP contribution < -0.4 is 20.1 Å². The summed E-state index contributed by atoms with van der Waals surface area (Å²) in [7, 11) is 2.80. The molecule has 1 aromatic rings. The first kappa shape index (κ1) is 23.0. The van der Waals surface area contributed by atoms with Crippen LogP contribution in [0.25, 0.3) is 0 Å². The van der Waals surface area contributed by atoms with E-state index in [2.05, 4.69) is 26.6 Å². The van der Waals surface area contributed by atoms with Crippen LogP contribution >= 0.6 is 28.1 Å². The van der Waals surface area contributed by atoms with E-state index in [9.17, 15) is 9.59 Å². The molecule has 2 N–H and O–H groups in total. The van der Waals surface area contributed by atoms with Gasteiger partial charge in [-0.05, 0) is 66.6 Å². The molecule has 158 valence electrons. The van der Waals surface area contributed by atoms with Crippen molar-refractivity contribution in [3.8, 4) is 11.5 Å². The van der Waals surface area contributed by atoms with E-state index in [1.165, 1.54) is 14.2 Å². The van der Waals surface area contributed by atoms with Crippen molar-refractivity contribution in [1.82, 2.24) is 10.6 Å². The first-order chi connectivity index (χ1) is 13.7. The molecule has 0 fully saturated rings. The maximum Gasteiger partial charge on any atom is 0.347 e. The number of allylic oxidation sites excluding steroid dienone is 1. The zero-order valence-electron chi connectivity index (χ0n) is 16.8. The lowest BCUT2D eigenvalue weighted by molar-refractivity contribution is -0.150. The van der Waals surface area contributed by atoms with Crippen LogP contribution in [0.3, 0.4) is 0 Å². The molecule has 1 aliphatic rings. The molecular weight excluding hydrogens is 464 g/mol. The van der Waals surface area contributed by atoms with Crippen molar-refractivity contribution in [1.29, 1.82) is 0 Å². The Labute approximate surface area is 183 Å². The van der Waals surface area contributed by atoms with Crippen LogP contribution in [0.1, 0.15) is 32.4 Å². The Morgan fingerprint density at radius 2 is 2.00 bits per heavy atom. The number of hydrogen-bond donors (Lipinski definition) is 2. The fraction of sp³-hybridized carbons (Fsp3) is 0.421. The number of rotatable bonds is 7. The third-order valence-electron chi connectivity index (χ3n) is 4.17. The molecule has 0 saturated heterocycles. The Kier molecular flexibility index (Phi) is 7.86. The van der Waals surface area contributed by atoms with E-state index >= 15 is 0 Å². The van der Waals surface area contributed by atoms with Gasteiger partial charge in [0.25, 0.3) is 0 Å². The summed E-state index contributed by atoms with van der Waals surface area (Å²) in [6, 6.07) is 2.91. The van der Waals surface area contributed by atoms with E-state index in [-0.39, 0.29) is 6.61 Å². The molecule has 2 rings (SSSR count). The Hall–Kier alpha value is -2.33. The molecule has 0 aliphatic carbocycles. The second kappa shape index (κ2) is 9.93. The van der Waals surface area contributed by atoms with Gasteiger partial charge in [-0.3, -0.25) is 0 Å². The zero-order valence-corrected chi connectivity index (χ0v) is 19.2. The molecule has 0 saturated carbocycles. The van der Waals surface area contributed by atoms with Crippen molar-refractivity contribution < 1.29 is 28.5 Å². The second-order valence-corrected chi connectivity index (χ2v) is 7.37. The summed E-state index contributed by atoms with van der Waals surface area (Å²) >= 11 is 8.70. The summed E-state index contributed by atoms with van der Waals surface area (Å²) in [6.07, 6.45) is -0.830. The molecule has 1 aromatic carbocycles. The Balaban J connectivity index is 2.46. The Morgan fingerprint density at radius 1 is 1.31 bits per heavy atom. The number of thiocarbonyl (C=S) groups is 1. The van der Waals surface area contributed by atoms with Gasteiger partial charge in [0.2, 0.25) is 0 Å². The first-order valence-corrected chi connectivity index (χ1v) is 10.0. The molecule has 10 heteroatoms. The maximum absolute atomic E-state index is 12.3. The lowest BCUT2D eigenvalue weighted by Crippen LogP contribution is -2.45. The summed E-state index contributed by atoms with van der Waals surface area (Å²) in [6.45, 7) is 5.32. The van der Waals surface area contributed by atoms with Crippen LogP contribution in [0.2, 0.25) is 0 Å². The van der Waals surface area contributed by atoms with E-state index in [4.69, 9.17) is 31.2 Å². The van der Waals surface area contributed by atoms with E-state index in [1.54, 1.807) is 32.9 Å². The SMILES string of the molecule is CCOC(=O)C(C)Oc1c(Br)cc(C2NC(=S)NC(C)=C2C(=O)OC)cc1OC. The molecule has 8 nitrogen and oxygen atoms in total. The fourth-order valence-electron chi connectivity index (χ4n) is 2.83. The number of carbonyl (C=O) groups is 2. The largest absolute Gasteiger partial charge is 0.493 e. The van der Waals surface area contributed by atoms with Crippen LogP contribution in [-0.2, 0) is 19.1 Å². The number of ether oxygens (including phenoxy) is 4. The minimum absolute atomic E-state index is 0.257. The van der Waals surface area contributed by atoms with E-state index in [0.717, 1.165) is 0 Å². The molecule has 0 spiro atoms. The summed E-state index contributed by atoms with van der Waals surface area (Å²) in [5, 5.41) is 6.38. The maximum atomic E-state index is 12.3. The van der Waals surface area contributed by atoms with Crippen molar-refractivity contribution in [3.05, 3.63) is 33.4 Å². The summed E-state index contributed by atoms with van der Waals surface area (Å²) in [5.74, 6) is -0.254. The molecule has 0 aromatic heterocycles. The van der Waals surface area contributed by atoms with Gasteiger partial charge in [-0.2, -0.15) is 0 Å². The topological polar surface area (TPSA) is 95.1 Å². The number of esters is 2. The van der Waals surface area contributed by atoms with Gasteiger partial charge in [0, 0.05) is 5.70 Å². The molecule has 0 radical (unpaired) electrons. The van der Waals surface area contributed by atoms with Crippen molar-refractivity contribution in [3.63, 3.8) is 0 Å². The van der Waals surface area contributed by atoms with Crippen LogP contribution in [0, 0.1) is 0 Å².